The van der Waals surface area contributed by atoms with E-state index in [-0.39, 0.29) is 0 Å². The third-order valence-corrected chi connectivity index (χ3v) is 6.19. The molecule has 4 aromatic rings. The number of anilines is 2. The fraction of sp³-hybridized carbons (Fsp3) is 0.143. The Morgan fingerprint density at radius 3 is 2.72 bits per heavy atom. The zero-order chi connectivity index (χ0) is 20.8. The molecule has 0 saturated heterocycles. The lowest BCUT2D eigenvalue weighted by molar-refractivity contribution is -0.00230. The summed E-state index contributed by atoms with van der Waals surface area (Å²) in [4.78, 5) is 8.84. The number of nitrogens with two attached hydrogens (primary N) is 2. The molecule has 148 valence electrons. The van der Waals surface area contributed by atoms with Gasteiger partial charge < -0.3 is 21.7 Å². The second kappa shape index (κ2) is 7.27. The summed E-state index contributed by atoms with van der Waals surface area (Å²) < 4.78 is 0.925. The average Bonchev–Trinajstić information content (AvgIpc) is 3.05. The fourth-order valence-corrected chi connectivity index (χ4v) is 4.51. The van der Waals surface area contributed by atoms with E-state index in [0.29, 0.717) is 32.8 Å². The van der Waals surface area contributed by atoms with Gasteiger partial charge in [0.2, 0.25) is 0 Å². The second-order valence-electron chi connectivity index (χ2n) is 6.95. The Bertz CT molecular complexity index is 1220. The number of thiophene rings is 1. The summed E-state index contributed by atoms with van der Waals surface area (Å²) in [5.41, 5.74) is 14.2. The standard InChI is InChI=1S/C21H19ClN4O2S/c1-21(28,10-27)11-7-8-25-15(9-11)12-3-2-4-13-17(20(24)29-19(12)13)18-14(22)5-6-16(23)26-18/h2-9,27-28H,10,24H2,1H3,(H2,23,26)/t21-/m0/s1. The third-order valence-electron chi connectivity index (χ3n) is 4.81. The number of hydrogen-bond acceptors (Lipinski definition) is 7. The predicted molar refractivity (Wildman–Crippen MR) is 119 cm³/mol. The van der Waals surface area contributed by atoms with Crippen molar-refractivity contribution in [1.82, 2.24) is 9.97 Å². The molecule has 0 bridgehead atoms. The average molecular weight is 427 g/mol. The van der Waals surface area contributed by atoms with Crippen LogP contribution in [0.4, 0.5) is 10.8 Å². The summed E-state index contributed by atoms with van der Waals surface area (Å²) >= 11 is 7.79. The van der Waals surface area contributed by atoms with Gasteiger partial charge in [0.1, 0.15) is 11.4 Å². The highest BCUT2D eigenvalue weighted by Gasteiger charge is 2.24. The number of aliphatic hydroxyl groups excluding tert-OH is 1. The zero-order valence-corrected chi connectivity index (χ0v) is 17.1. The summed E-state index contributed by atoms with van der Waals surface area (Å²) in [6, 6.07) is 12.6. The summed E-state index contributed by atoms with van der Waals surface area (Å²) in [5, 5.41) is 21.8. The van der Waals surface area contributed by atoms with E-state index < -0.39 is 12.2 Å². The number of aromatic nitrogens is 2. The van der Waals surface area contributed by atoms with Crippen molar-refractivity contribution < 1.29 is 10.2 Å². The van der Waals surface area contributed by atoms with Crippen LogP contribution in [0.2, 0.25) is 5.02 Å². The molecule has 1 aromatic carbocycles. The first-order valence-corrected chi connectivity index (χ1v) is 10.0. The van der Waals surface area contributed by atoms with E-state index in [1.165, 1.54) is 11.3 Å². The van der Waals surface area contributed by atoms with Crippen molar-refractivity contribution in [2.45, 2.75) is 12.5 Å². The van der Waals surface area contributed by atoms with Crippen molar-refractivity contribution in [3.8, 4) is 22.5 Å². The topological polar surface area (TPSA) is 118 Å². The van der Waals surface area contributed by atoms with Crippen LogP contribution in [0.3, 0.4) is 0 Å². The van der Waals surface area contributed by atoms with Crippen LogP contribution in [-0.2, 0) is 5.60 Å². The van der Waals surface area contributed by atoms with E-state index >= 15 is 0 Å². The van der Waals surface area contributed by atoms with Gasteiger partial charge in [-0.15, -0.1) is 11.3 Å². The van der Waals surface area contributed by atoms with E-state index in [2.05, 4.69) is 9.97 Å². The summed E-state index contributed by atoms with van der Waals surface area (Å²) in [6.07, 6.45) is 1.61. The molecule has 0 aliphatic rings. The summed E-state index contributed by atoms with van der Waals surface area (Å²) in [5.74, 6) is 0.361. The Kier molecular flexibility index (Phi) is 4.92. The van der Waals surface area contributed by atoms with Gasteiger partial charge in [-0.3, -0.25) is 4.98 Å². The highest BCUT2D eigenvalue weighted by Crippen LogP contribution is 2.46. The van der Waals surface area contributed by atoms with E-state index in [0.717, 1.165) is 21.2 Å². The first-order valence-electron chi connectivity index (χ1n) is 8.85. The first-order chi connectivity index (χ1) is 13.8. The number of nitrogen functional groups attached to an aromatic ring is 2. The van der Waals surface area contributed by atoms with E-state index in [1.807, 2.05) is 18.2 Å². The molecule has 29 heavy (non-hydrogen) atoms. The molecular formula is C21H19ClN4O2S. The van der Waals surface area contributed by atoms with Gasteiger partial charge in [0.15, 0.2) is 0 Å². The van der Waals surface area contributed by atoms with Crippen LogP contribution in [0.25, 0.3) is 32.6 Å². The van der Waals surface area contributed by atoms with Gasteiger partial charge in [0.05, 0.1) is 28.0 Å². The monoisotopic (exact) mass is 426 g/mol. The molecule has 0 unspecified atom stereocenters. The first kappa shape index (κ1) is 19.6. The number of pyridine rings is 2. The van der Waals surface area contributed by atoms with Crippen LogP contribution >= 0.6 is 22.9 Å². The Morgan fingerprint density at radius 2 is 1.97 bits per heavy atom. The number of nitrogens with zero attached hydrogens (tertiary/aromatic N) is 2. The zero-order valence-electron chi connectivity index (χ0n) is 15.6. The van der Waals surface area contributed by atoms with Gasteiger partial charge in [0, 0.05) is 27.4 Å². The van der Waals surface area contributed by atoms with E-state index in [4.69, 9.17) is 23.1 Å². The van der Waals surface area contributed by atoms with Gasteiger partial charge in [-0.1, -0.05) is 29.8 Å². The maximum absolute atomic E-state index is 10.4. The second-order valence-corrected chi connectivity index (χ2v) is 8.41. The minimum absolute atomic E-state index is 0.361. The quantitative estimate of drug-likeness (QED) is 0.391. The Balaban J connectivity index is 1.94. The molecule has 0 fully saturated rings. The molecule has 0 spiro atoms. The number of fused-ring (bicyclic) bond motifs is 1. The van der Waals surface area contributed by atoms with Crippen molar-refractivity contribution in [3.05, 3.63) is 59.2 Å². The Hall–Kier alpha value is -2.71. The summed E-state index contributed by atoms with van der Waals surface area (Å²) in [6.45, 7) is 1.16. The molecule has 0 saturated carbocycles. The number of benzene rings is 1. The van der Waals surface area contributed by atoms with Gasteiger partial charge >= 0.3 is 0 Å². The molecule has 0 radical (unpaired) electrons. The maximum Gasteiger partial charge on any atom is 0.124 e. The molecule has 0 amide bonds. The minimum Gasteiger partial charge on any atom is -0.393 e. The van der Waals surface area contributed by atoms with Gasteiger partial charge in [0.25, 0.3) is 0 Å². The lowest BCUT2D eigenvalue weighted by Gasteiger charge is -2.21. The molecule has 0 aliphatic heterocycles. The molecule has 1 atom stereocenters. The van der Waals surface area contributed by atoms with Crippen LogP contribution in [0.5, 0.6) is 0 Å². The van der Waals surface area contributed by atoms with Crippen LogP contribution in [0, 0.1) is 0 Å². The van der Waals surface area contributed by atoms with Crippen molar-refractivity contribution in [1.29, 1.82) is 0 Å². The molecule has 8 heteroatoms. The van der Waals surface area contributed by atoms with E-state index in [9.17, 15) is 10.2 Å². The predicted octanol–water partition coefficient (Wildman–Crippen LogP) is 4.04. The molecule has 6 N–H and O–H groups in total. The molecular weight excluding hydrogens is 408 g/mol. The molecule has 0 aliphatic carbocycles. The lowest BCUT2D eigenvalue weighted by atomic mass is 9.96. The largest absolute Gasteiger partial charge is 0.393 e. The van der Waals surface area contributed by atoms with Crippen LogP contribution in [0.1, 0.15) is 12.5 Å². The van der Waals surface area contributed by atoms with E-state index in [1.54, 1.807) is 37.4 Å². The SMILES string of the molecule is C[C@](O)(CO)c1ccnc(-c2cccc3c(-c4nc(N)ccc4Cl)c(N)sc23)c1. The third kappa shape index (κ3) is 3.42. The Labute approximate surface area is 176 Å². The van der Waals surface area contributed by atoms with Gasteiger partial charge in [-0.2, -0.15) is 0 Å². The molecule has 3 aromatic heterocycles. The van der Waals surface area contributed by atoms with Crippen LogP contribution < -0.4 is 11.5 Å². The number of aliphatic hydroxyl groups is 2. The fourth-order valence-electron chi connectivity index (χ4n) is 3.22. The van der Waals surface area contributed by atoms with Crippen molar-refractivity contribution in [3.63, 3.8) is 0 Å². The lowest BCUT2D eigenvalue weighted by Crippen LogP contribution is -2.25. The number of hydrogen-bond donors (Lipinski definition) is 4. The van der Waals surface area contributed by atoms with Gasteiger partial charge in [-0.25, -0.2) is 4.98 Å². The Morgan fingerprint density at radius 1 is 1.17 bits per heavy atom. The minimum atomic E-state index is -1.36. The normalized spacial score (nSPS) is 13.5. The molecule has 3 heterocycles. The summed E-state index contributed by atoms with van der Waals surface area (Å²) in [7, 11) is 0. The molecule has 6 nitrogen and oxygen atoms in total. The highest BCUT2D eigenvalue weighted by molar-refractivity contribution is 7.24. The van der Waals surface area contributed by atoms with Crippen molar-refractivity contribution in [2.24, 2.45) is 0 Å². The van der Waals surface area contributed by atoms with Crippen molar-refractivity contribution in [2.75, 3.05) is 18.1 Å². The number of halogens is 1. The molecule has 4 rings (SSSR count). The van der Waals surface area contributed by atoms with Crippen LogP contribution in [0.15, 0.2) is 48.7 Å². The van der Waals surface area contributed by atoms with Crippen molar-refractivity contribution >= 4 is 43.8 Å². The highest BCUT2D eigenvalue weighted by atomic mass is 35.5. The smallest absolute Gasteiger partial charge is 0.124 e. The number of rotatable bonds is 4. The van der Waals surface area contributed by atoms with Gasteiger partial charge in [-0.05, 0) is 36.8 Å². The van der Waals surface area contributed by atoms with Crippen LogP contribution in [-0.4, -0.2) is 26.8 Å². The maximum atomic E-state index is 10.4.